The van der Waals surface area contributed by atoms with Crippen LogP contribution in [-0.4, -0.2) is 60.1 Å². The Morgan fingerprint density at radius 3 is 2.56 bits per heavy atom. The second kappa shape index (κ2) is 10.9. The Bertz CT molecular complexity index is 1550. The molecule has 218 valence electrons. The number of rotatable bonds is 8. The highest BCUT2D eigenvalue weighted by atomic mass is 32.1. The predicted molar refractivity (Wildman–Crippen MR) is 147 cm³/mol. The Labute approximate surface area is 236 Å². The number of halogens is 3. The van der Waals surface area contributed by atoms with Crippen LogP contribution in [0.5, 0.6) is 5.75 Å². The van der Waals surface area contributed by atoms with Gasteiger partial charge in [-0.15, -0.1) is 24.5 Å². The number of alkyl halides is 3. The number of hydrogen-bond donors (Lipinski definition) is 6. The van der Waals surface area contributed by atoms with E-state index in [1.807, 2.05) is 0 Å². The van der Waals surface area contributed by atoms with Crippen molar-refractivity contribution in [3.63, 3.8) is 0 Å². The molecule has 1 aliphatic carbocycles. The Kier molecular flexibility index (Phi) is 7.63. The van der Waals surface area contributed by atoms with Gasteiger partial charge in [0.05, 0.1) is 22.0 Å². The minimum atomic E-state index is -4.79. The molecule has 4 aromatic rings. The smallest absolute Gasteiger partial charge is 0.406 e. The summed E-state index contributed by atoms with van der Waals surface area (Å²) in [4.78, 5) is 17.9. The molecule has 1 fully saturated rings. The fourth-order valence-electron chi connectivity index (χ4n) is 4.83. The van der Waals surface area contributed by atoms with E-state index in [1.54, 1.807) is 26.1 Å². The van der Waals surface area contributed by atoms with Crippen LogP contribution in [0.3, 0.4) is 0 Å². The van der Waals surface area contributed by atoms with Gasteiger partial charge in [-0.1, -0.05) is 12.1 Å². The molecule has 4 atom stereocenters. The molecule has 0 saturated heterocycles. The summed E-state index contributed by atoms with van der Waals surface area (Å²) in [7, 11) is 0. The SMILES string of the molecule is Cc1nc(N[C@H](C)c2ccc(OC(F)(F)F)cc2)nc(N[C@@]2(O)CC[C@H](CO)[C@H]2O)c1-c1nc2c(N)nccc2s1. The van der Waals surface area contributed by atoms with Gasteiger partial charge in [0, 0.05) is 18.7 Å². The first kappa shape index (κ1) is 28.7. The van der Waals surface area contributed by atoms with E-state index in [0.717, 1.165) is 4.70 Å². The third-order valence-electron chi connectivity index (χ3n) is 7.00. The van der Waals surface area contributed by atoms with Gasteiger partial charge in [-0.05, 0) is 50.5 Å². The van der Waals surface area contributed by atoms with Crippen molar-refractivity contribution in [2.45, 2.75) is 50.9 Å². The quantitative estimate of drug-likeness (QED) is 0.164. The molecule has 7 N–H and O–H groups in total. The molecule has 0 aliphatic heterocycles. The fraction of sp³-hybridized carbons (Fsp3) is 0.385. The molecule has 1 saturated carbocycles. The number of aryl methyl sites for hydroxylation is 1. The topological polar surface area (TPSA) is 172 Å². The summed E-state index contributed by atoms with van der Waals surface area (Å²) in [5, 5.41) is 38.3. The Hall–Kier alpha value is -3.79. The fourth-order valence-corrected chi connectivity index (χ4v) is 5.90. The van der Waals surface area contributed by atoms with Crippen LogP contribution in [0.4, 0.5) is 30.8 Å². The average Bonchev–Trinajstić information content (AvgIpc) is 3.44. The minimum absolute atomic E-state index is 0.157. The van der Waals surface area contributed by atoms with Gasteiger partial charge >= 0.3 is 6.36 Å². The van der Waals surface area contributed by atoms with Crippen molar-refractivity contribution in [1.82, 2.24) is 19.9 Å². The lowest BCUT2D eigenvalue weighted by atomic mass is 10.0. The number of thiazole rings is 1. The van der Waals surface area contributed by atoms with Gasteiger partial charge in [0.25, 0.3) is 0 Å². The van der Waals surface area contributed by atoms with Crippen LogP contribution in [0.15, 0.2) is 36.5 Å². The number of nitrogens with zero attached hydrogens (tertiary/aromatic N) is 4. The highest BCUT2D eigenvalue weighted by molar-refractivity contribution is 7.21. The number of ether oxygens (including phenoxy) is 1. The van der Waals surface area contributed by atoms with Gasteiger partial charge in [0.2, 0.25) is 5.95 Å². The molecule has 41 heavy (non-hydrogen) atoms. The number of benzene rings is 1. The second-order valence-corrected chi connectivity index (χ2v) is 10.9. The first-order chi connectivity index (χ1) is 19.4. The molecule has 11 nitrogen and oxygen atoms in total. The minimum Gasteiger partial charge on any atom is -0.406 e. The molecule has 5 rings (SSSR count). The number of aliphatic hydroxyl groups is 3. The van der Waals surface area contributed by atoms with Crippen molar-refractivity contribution < 1.29 is 33.2 Å². The van der Waals surface area contributed by atoms with Crippen LogP contribution in [-0.2, 0) is 0 Å². The monoisotopic (exact) mass is 591 g/mol. The summed E-state index contributed by atoms with van der Waals surface area (Å²) < 4.78 is 42.3. The third kappa shape index (κ3) is 5.98. The summed E-state index contributed by atoms with van der Waals surface area (Å²) in [6.07, 6.45) is -3.94. The number of aromatic nitrogens is 4. The number of aliphatic hydroxyl groups excluding tert-OH is 2. The van der Waals surface area contributed by atoms with Crippen LogP contribution < -0.4 is 21.1 Å². The molecule has 15 heteroatoms. The van der Waals surface area contributed by atoms with Gasteiger partial charge in [-0.25, -0.2) is 15.0 Å². The van der Waals surface area contributed by atoms with Crippen molar-refractivity contribution in [1.29, 1.82) is 0 Å². The maximum Gasteiger partial charge on any atom is 0.573 e. The molecule has 3 heterocycles. The molecule has 0 amide bonds. The van der Waals surface area contributed by atoms with Crippen LogP contribution in [0.2, 0.25) is 0 Å². The highest BCUT2D eigenvalue weighted by Crippen LogP contribution is 2.41. The van der Waals surface area contributed by atoms with E-state index >= 15 is 0 Å². The summed E-state index contributed by atoms with van der Waals surface area (Å²) in [5.41, 5.74) is 6.35. The molecule has 0 bridgehead atoms. The number of nitrogens with one attached hydrogen (secondary N) is 2. The summed E-state index contributed by atoms with van der Waals surface area (Å²) in [6, 6.07) is 6.76. The van der Waals surface area contributed by atoms with E-state index in [2.05, 4.69) is 35.3 Å². The molecule has 1 aromatic carbocycles. The zero-order valence-corrected chi connectivity index (χ0v) is 22.8. The summed E-state index contributed by atoms with van der Waals surface area (Å²) >= 11 is 1.33. The van der Waals surface area contributed by atoms with E-state index in [4.69, 9.17) is 5.73 Å². The van der Waals surface area contributed by atoms with Gasteiger partial charge in [0.1, 0.15) is 28.2 Å². The lowest BCUT2D eigenvalue weighted by molar-refractivity contribution is -0.274. The summed E-state index contributed by atoms with van der Waals surface area (Å²) in [5.74, 6) is -0.255. The number of nitrogens with two attached hydrogens (primary N) is 1. The normalized spacial score (nSPS) is 21.7. The maximum atomic E-state index is 12.5. The van der Waals surface area contributed by atoms with Crippen molar-refractivity contribution in [2.24, 2.45) is 5.92 Å². The number of pyridine rings is 1. The van der Waals surface area contributed by atoms with Gasteiger partial charge in [0.15, 0.2) is 11.5 Å². The largest absolute Gasteiger partial charge is 0.573 e. The zero-order valence-electron chi connectivity index (χ0n) is 22.0. The average molecular weight is 592 g/mol. The maximum absolute atomic E-state index is 12.5. The molecule has 3 aromatic heterocycles. The Balaban J connectivity index is 1.50. The summed E-state index contributed by atoms with van der Waals surface area (Å²) in [6.45, 7) is 3.23. The van der Waals surface area contributed by atoms with Gasteiger partial charge < -0.3 is 36.4 Å². The molecular weight excluding hydrogens is 563 g/mol. The second-order valence-electron chi connectivity index (χ2n) is 9.88. The number of anilines is 3. The number of hydrogen-bond acceptors (Lipinski definition) is 12. The third-order valence-corrected chi connectivity index (χ3v) is 8.04. The van der Waals surface area contributed by atoms with Crippen LogP contribution >= 0.6 is 11.3 Å². The molecular formula is C26H28F3N7O4S. The van der Waals surface area contributed by atoms with Crippen molar-refractivity contribution in [3.05, 3.63) is 47.8 Å². The predicted octanol–water partition coefficient (Wildman–Crippen LogP) is 3.97. The highest BCUT2D eigenvalue weighted by Gasteiger charge is 2.47. The van der Waals surface area contributed by atoms with Crippen molar-refractivity contribution in [2.75, 3.05) is 23.0 Å². The van der Waals surface area contributed by atoms with E-state index in [-0.39, 0.29) is 36.4 Å². The first-order valence-corrected chi connectivity index (χ1v) is 13.5. The van der Waals surface area contributed by atoms with E-state index in [1.165, 1.54) is 35.6 Å². The lowest BCUT2D eigenvalue weighted by Crippen LogP contribution is -2.48. The lowest BCUT2D eigenvalue weighted by Gasteiger charge is -2.31. The molecule has 0 spiro atoms. The van der Waals surface area contributed by atoms with E-state index in [0.29, 0.717) is 33.8 Å². The van der Waals surface area contributed by atoms with Gasteiger partial charge in [-0.2, -0.15) is 4.98 Å². The van der Waals surface area contributed by atoms with Crippen LogP contribution in [0, 0.1) is 12.8 Å². The number of nitrogen functional groups attached to an aromatic ring is 1. The molecule has 1 aliphatic rings. The Morgan fingerprint density at radius 2 is 1.93 bits per heavy atom. The van der Waals surface area contributed by atoms with Crippen molar-refractivity contribution >= 4 is 39.1 Å². The van der Waals surface area contributed by atoms with E-state index < -0.39 is 30.2 Å². The van der Waals surface area contributed by atoms with E-state index in [9.17, 15) is 28.5 Å². The Morgan fingerprint density at radius 1 is 1.20 bits per heavy atom. The van der Waals surface area contributed by atoms with Crippen molar-refractivity contribution in [3.8, 4) is 16.3 Å². The van der Waals surface area contributed by atoms with Crippen LogP contribution in [0.25, 0.3) is 20.8 Å². The molecule has 0 unspecified atom stereocenters. The first-order valence-electron chi connectivity index (χ1n) is 12.7. The molecule has 0 radical (unpaired) electrons. The standard InChI is InChI=1S/C26H28F3N7O4S/c1-12(14-3-5-16(6-4-14)40-26(27,28)29)32-24-33-13(2)18(23-34-19-17(41-23)8-10-31-21(19)30)22(35-24)36-25(39)9-7-15(11-37)20(25)38/h3-6,8,10,12,15,20,37-39H,7,9,11H2,1-2H3,(H2,30,31)(H2,32,33,35,36)/t12-,15-,20-,25-/m1/s1. The van der Waals surface area contributed by atoms with Gasteiger partial charge in [-0.3, -0.25) is 0 Å². The zero-order chi connectivity index (χ0) is 29.5. The van der Waals surface area contributed by atoms with Crippen LogP contribution in [0.1, 0.15) is 37.1 Å². The number of fused-ring (bicyclic) bond motifs is 1.